The van der Waals surface area contributed by atoms with Gasteiger partial charge in [-0.1, -0.05) is 43.5 Å². The lowest BCUT2D eigenvalue weighted by Crippen LogP contribution is -2.44. The second-order valence-electron chi connectivity index (χ2n) is 6.45. The molecule has 112 valence electrons. The van der Waals surface area contributed by atoms with Crippen molar-refractivity contribution in [3.05, 3.63) is 34.9 Å². The molecule has 1 fully saturated rings. The molecule has 0 bridgehead atoms. The van der Waals surface area contributed by atoms with Gasteiger partial charge in [0.1, 0.15) is 0 Å². The van der Waals surface area contributed by atoms with E-state index in [0.717, 1.165) is 10.9 Å². The van der Waals surface area contributed by atoms with Gasteiger partial charge in [0.05, 0.1) is 0 Å². The van der Waals surface area contributed by atoms with Gasteiger partial charge in [-0.05, 0) is 50.4 Å². The van der Waals surface area contributed by atoms with Gasteiger partial charge in [0.15, 0.2) is 0 Å². The third-order valence-corrected chi connectivity index (χ3v) is 4.88. The second kappa shape index (κ2) is 6.93. The van der Waals surface area contributed by atoms with Crippen LogP contribution < -0.4 is 5.73 Å². The molecule has 1 aliphatic rings. The van der Waals surface area contributed by atoms with Gasteiger partial charge in [-0.3, -0.25) is 4.90 Å². The fraction of sp³-hybridized carbons (Fsp3) is 0.647. The molecule has 1 aromatic rings. The maximum atomic E-state index is 6.27. The molecule has 0 aliphatic heterocycles. The van der Waals surface area contributed by atoms with E-state index < -0.39 is 0 Å². The first kappa shape index (κ1) is 15.8. The largest absolute Gasteiger partial charge is 0.326 e. The fourth-order valence-corrected chi connectivity index (χ4v) is 3.69. The maximum absolute atomic E-state index is 6.27. The third-order valence-electron chi connectivity index (χ3n) is 4.63. The Morgan fingerprint density at radius 3 is 2.45 bits per heavy atom. The molecule has 2 rings (SSSR count). The quantitative estimate of drug-likeness (QED) is 0.900. The predicted molar refractivity (Wildman–Crippen MR) is 87.0 cm³/mol. The summed E-state index contributed by atoms with van der Waals surface area (Å²) < 4.78 is 0. The van der Waals surface area contributed by atoms with Gasteiger partial charge in [-0.2, -0.15) is 0 Å². The van der Waals surface area contributed by atoms with Crippen LogP contribution in [0.15, 0.2) is 24.3 Å². The zero-order valence-electron chi connectivity index (χ0n) is 12.8. The molecule has 1 saturated carbocycles. The Morgan fingerprint density at radius 2 is 1.90 bits per heavy atom. The molecule has 4 atom stereocenters. The van der Waals surface area contributed by atoms with Crippen molar-refractivity contribution in [1.82, 2.24) is 4.90 Å². The van der Waals surface area contributed by atoms with Crippen LogP contribution in [0.25, 0.3) is 0 Å². The summed E-state index contributed by atoms with van der Waals surface area (Å²) in [5.41, 5.74) is 7.54. The number of halogens is 1. The molecule has 0 aromatic heterocycles. The molecule has 0 saturated heterocycles. The van der Waals surface area contributed by atoms with Gasteiger partial charge in [-0.15, -0.1) is 0 Å². The first-order chi connectivity index (χ1) is 9.49. The van der Waals surface area contributed by atoms with Crippen LogP contribution in [-0.2, 0) is 0 Å². The van der Waals surface area contributed by atoms with Gasteiger partial charge in [0.2, 0.25) is 0 Å². The monoisotopic (exact) mass is 294 g/mol. The number of rotatable bonds is 4. The molecule has 1 aliphatic carbocycles. The highest BCUT2D eigenvalue weighted by Crippen LogP contribution is 2.33. The summed E-state index contributed by atoms with van der Waals surface area (Å²) in [5, 5.41) is 0.783. The van der Waals surface area contributed by atoms with Crippen molar-refractivity contribution >= 4 is 11.6 Å². The zero-order valence-corrected chi connectivity index (χ0v) is 13.6. The van der Waals surface area contributed by atoms with Crippen LogP contribution in [0.4, 0.5) is 0 Å². The lowest BCUT2D eigenvalue weighted by Gasteiger charge is -2.40. The molecule has 0 heterocycles. The summed E-state index contributed by atoms with van der Waals surface area (Å²) in [5.74, 6) is 0.829. The second-order valence-corrected chi connectivity index (χ2v) is 6.88. The highest BCUT2D eigenvalue weighted by molar-refractivity contribution is 6.30. The Labute approximate surface area is 128 Å². The number of nitrogens with two attached hydrogens (primary N) is 1. The van der Waals surface area contributed by atoms with Crippen LogP contribution in [0.5, 0.6) is 0 Å². The normalized spacial score (nSPS) is 26.5. The first-order valence-electron chi connectivity index (χ1n) is 7.72. The minimum absolute atomic E-state index is 0.110. The molecule has 0 amide bonds. The lowest BCUT2D eigenvalue weighted by molar-refractivity contribution is 0.106. The van der Waals surface area contributed by atoms with E-state index in [1.807, 2.05) is 12.1 Å². The zero-order chi connectivity index (χ0) is 14.7. The van der Waals surface area contributed by atoms with Crippen LogP contribution in [0.3, 0.4) is 0 Å². The third kappa shape index (κ3) is 3.75. The SMILES string of the molecule is CC1CCCC(N(C)C(c2ccc(Cl)cc2)C(C)N)C1. The van der Waals surface area contributed by atoms with Gasteiger partial charge in [0.25, 0.3) is 0 Å². The van der Waals surface area contributed by atoms with Crippen molar-refractivity contribution in [3.8, 4) is 0 Å². The van der Waals surface area contributed by atoms with E-state index in [1.165, 1.54) is 31.2 Å². The van der Waals surface area contributed by atoms with E-state index in [4.69, 9.17) is 17.3 Å². The Bertz CT molecular complexity index is 416. The van der Waals surface area contributed by atoms with Crippen molar-refractivity contribution in [2.45, 2.75) is 57.7 Å². The molecule has 2 nitrogen and oxygen atoms in total. The minimum atomic E-state index is 0.110. The molecule has 1 aromatic carbocycles. The average molecular weight is 295 g/mol. The van der Waals surface area contributed by atoms with Gasteiger partial charge >= 0.3 is 0 Å². The lowest BCUT2D eigenvalue weighted by atomic mass is 9.85. The van der Waals surface area contributed by atoms with E-state index in [0.29, 0.717) is 6.04 Å². The highest BCUT2D eigenvalue weighted by Gasteiger charge is 2.29. The van der Waals surface area contributed by atoms with E-state index >= 15 is 0 Å². The Balaban J connectivity index is 2.17. The summed E-state index contributed by atoms with van der Waals surface area (Å²) in [6.07, 6.45) is 5.28. The average Bonchev–Trinajstić information content (AvgIpc) is 2.41. The topological polar surface area (TPSA) is 29.3 Å². The molecular formula is C17H27ClN2. The highest BCUT2D eigenvalue weighted by atomic mass is 35.5. The van der Waals surface area contributed by atoms with Crippen LogP contribution in [0.2, 0.25) is 5.02 Å². The maximum Gasteiger partial charge on any atom is 0.0496 e. The molecule has 3 heteroatoms. The molecular weight excluding hydrogens is 268 g/mol. The predicted octanol–water partition coefficient (Wildman–Crippen LogP) is 4.24. The summed E-state index contributed by atoms with van der Waals surface area (Å²) >= 11 is 6.00. The summed E-state index contributed by atoms with van der Waals surface area (Å²) in [4.78, 5) is 2.49. The minimum Gasteiger partial charge on any atom is -0.326 e. The Hall–Kier alpha value is -0.570. The summed E-state index contributed by atoms with van der Waals surface area (Å²) in [6.45, 7) is 4.46. The molecule has 0 radical (unpaired) electrons. The standard InChI is InChI=1S/C17H27ClN2/c1-12-5-4-6-16(11-12)20(3)17(13(2)19)14-7-9-15(18)10-8-14/h7-10,12-13,16-17H,4-6,11,19H2,1-3H3. The van der Waals surface area contributed by atoms with E-state index in [-0.39, 0.29) is 12.1 Å². The van der Waals surface area contributed by atoms with Crippen molar-refractivity contribution in [2.75, 3.05) is 7.05 Å². The van der Waals surface area contributed by atoms with Crippen molar-refractivity contribution < 1.29 is 0 Å². The van der Waals surface area contributed by atoms with Gasteiger partial charge in [-0.25, -0.2) is 0 Å². The van der Waals surface area contributed by atoms with Crippen molar-refractivity contribution in [2.24, 2.45) is 11.7 Å². The van der Waals surface area contributed by atoms with Crippen LogP contribution >= 0.6 is 11.6 Å². The van der Waals surface area contributed by atoms with Crippen molar-refractivity contribution in [1.29, 1.82) is 0 Å². The molecule has 20 heavy (non-hydrogen) atoms. The summed E-state index contributed by atoms with van der Waals surface area (Å²) in [7, 11) is 2.23. The van der Waals surface area contributed by atoms with E-state index in [2.05, 4.69) is 37.9 Å². The van der Waals surface area contributed by atoms with Crippen LogP contribution in [0, 0.1) is 5.92 Å². The molecule has 2 N–H and O–H groups in total. The molecule has 0 spiro atoms. The van der Waals surface area contributed by atoms with Crippen LogP contribution in [0.1, 0.15) is 51.1 Å². The Morgan fingerprint density at radius 1 is 1.25 bits per heavy atom. The van der Waals surface area contributed by atoms with Gasteiger partial charge < -0.3 is 5.73 Å². The Kier molecular flexibility index (Phi) is 5.48. The number of hydrogen-bond donors (Lipinski definition) is 1. The fourth-order valence-electron chi connectivity index (χ4n) is 3.57. The van der Waals surface area contributed by atoms with E-state index in [9.17, 15) is 0 Å². The number of hydrogen-bond acceptors (Lipinski definition) is 2. The summed E-state index contributed by atoms with van der Waals surface area (Å²) in [6, 6.07) is 9.16. The number of nitrogens with zero attached hydrogens (tertiary/aromatic N) is 1. The van der Waals surface area contributed by atoms with Gasteiger partial charge in [0, 0.05) is 23.1 Å². The first-order valence-corrected chi connectivity index (χ1v) is 8.09. The van der Waals surface area contributed by atoms with E-state index in [1.54, 1.807) is 0 Å². The van der Waals surface area contributed by atoms with Crippen molar-refractivity contribution in [3.63, 3.8) is 0 Å². The molecule has 4 unspecified atom stereocenters. The number of benzene rings is 1. The smallest absolute Gasteiger partial charge is 0.0496 e. The van der Waals surface area contributed by atoms with Crippen LogP contribution in [-0.4, -0.2) is 24.0 Å². The number of likely N-dealkylation sites (N-methyl/N-ethyl adjacent to an activating group) is 1.